The molecule has 362 valence electrons. The number of hydrogen-bond donors (Lipinski definition) is 0. The third-order valence-corrected chi connectivity index (χ3v) is 11.2. The van der Waals surface area contributed by atoms with E-state index in [9.17, 15) is 14.4 Å². The van der Waals surface area contributed by atoms with Crippen LogP contribution in [0.1, 0.15) is 252 Å². The van der Waals surface area contributed by atoms with Crippen LogP contribution in [0.15, 0.2) is 72.9 Å². The van der Waals surface area contributed by atoms with Crippen molar-refractivity contribution in [2.75, 3.05) is 13.2 Å². The van der Waals surface area contributed by atoms with E-state index in [4.69, 9.17) is 14.2 Å². The standard InChI is InChI=1S/C57H98O6/c1-4-7-10-13-16-18-20-22-24-25-26-27-28-29-30-31-33-34-36-38-41-44-47-50-56(59)62-53-54(52-61-55(58)49-46-43-40-15-12-9-6-3)63-57(60)51-48-45-42-39-37-35-32-23-21-19-17-14-11-8-5-2/h8,11,17,19,23,25-26,32,37,39,45,48,54H,4-7,9-10,12-16,18,20-22,24,27-31,33-36,38,40-44,46-47,49-53H2,1-3H3/b11-8-,19-17-,26-25-,32-23-,39-37-,48-45-. The molecule has 0 spiro atoms. The van der Waals surface area contributed by atoms with Crippen LogP contribution in [-0.4, -0.2) is 37.2 Å². The Morgan fingerprint density at radius 3 is 1.03 bits per heavy atom. The third kappa shape index (κ3) is 49.7. The van der Waals surface area contributed by atoms with Crippen LogP contribution in [0, 0.1) is 0 Å². The van der Waals surface area contributed by atoms with Gasteiger partial charge in [-0.2, -0.15) is 0 Å². The van der Waals surface area contributed by atoms with Gasteiger partial charge in [-0.05, 0) is 70.6 Å². The Labute approximate surface area is 389 Å². The van der Waals surface area contributed by atoms with Gasteiger partial charge in [0.1, 0.15) is 13.2 Å². The molecular formula is C57H98O6. The van der Waals surface area contributed by atoms with E-state index in [-0.39, 0.29) is 31.6 Å². The monoisotopic (exact) mass is 879 g/mol. The predicted octanol–water partition coefficient (Wildman–Crippen LogP) is 17.4. The Hall–Kier alpha value is -3.15. The minimum Gasteiger partial charge on any atom is -0.462 e. The summed E-state index contributed by atoms with van der Waals surface area (Å²) in [7, 11) is 0. The summed E-state index contributed by atoms with van der Waals surface area (Å²) in [6, 6.07) is 0. The van der Waals surface area contributed by atoms with Crippen molar-refractivity contribution in [3.63, 3.8) is 0 Å². The normalized spacial score (nSPS) is 12.6. The number of rotatable bonds is 47. The summed E-state index contributed by atoms with van der Waals surface area (Å²) in [4.78, 5) is 37.7. The van der Waals surface area contributed by atoms with Crippen molar-refractivity contribution in [1.82, 2.24) is 0 Å². The van der Waals surface area contributed by atoms with Crippen molar-refractivity contribution in [2.45, 2.75) is 258 Å². The van der Waals surface area contributed by atoms with E-state index in [0.29, 0.717) is 12.8 Å². The fraction of sp³-hybridized carbons (Fsp3) is 0.737. The highest BCUT2D eigenvalue weighted by molar-refractivity contribution is 5.72. The van der Waals surface area contributed by atoms with E-state index in [1.165, 1.54) is 141 Å². The lowest BCUT2D eigenvalue weighted by Gasteiger charge is -2.18. The third-order valence-electron chi connectivity index (χ3n) is 11.2. The zero-order valence-electron chi connectivity index (χ0n) is 41.3. The molecule has 1 unspecified atom stereocenters. The summed E-state index contributed by atoms with van der Waals surface area (Å²) in [6.07, 6.45) is 65.1. The quantitative estimate of drug-likeness (QED) is 0.0262. The second kappa shape index (κ2) is 51.5. The van der Waals surface area contributed by atoms with E-state index >= 15 is 0 Å². The average Bonchev–Trinajstić information content (AvgIpc) is 3.28. The summed E-state index contributed by atoms with van der Waals surface area (Å²) in [5.74, 6) is -1.05. The maximum Gasteiger partial charge on any atom is 0.310 e. The van der Waals surface area contributed by atoms with Gasteiger partial charge in [0.15, 0.2) is 6.10 Å². The number of ether oxygens (including phenoxy) is 3. The van der Waals surface area contributed by atoms with Crippen molar-refractivity contribution in [2.24, 2.45) is 0 Å². The molecule has 6 nitrogen and oxygen atoms in total. The first-order valence-corrected chi connectivity index (χ1v) is 26.4. The lowest BCUT2D eigenvalue weighted by atomic mass is 10.0. The van der Waals surface area contributed by atoms with Crippen molar-refractivity contribution < 1.29 is 28.6 Å². The molecule has 6 heteroatoms. The molecule has 0 aliphatic carbocycles. The molecule has 0 radical (unpaired) electrons. The average molecular weight is 879 g/mol. The van der Waals surface area contributed by atoms with E-state index in [1.54, 1.807) is 6.08 Å². The van der Waals surface area contributed by atoms with Crippen LogP contribution < -0.4 is 0 Å². The molecule has 0 aromatic heterocycles. The molecule has 0 fully saturated rings. The van der Waals surface area contributed by atoms with Crippen LogP contribution in [0.25, 0.3) is 0 Å². The van der Waals surface area contributed by atoms with E-state index < -0.39 is 12.1 Å². The SMILES string of the molecule is CC/C=C\C/C=C\C/C=C\C/C=C\C/C=C\CC(=O)OC(COC(=O)CCCCCCCCC)COC(=O)CCCCCCCCCCCCC/C=C\CCCCCCCCCC. The number of unbranched alkanes of at least 4 members (excludes halogenated alkanes) is 25. The van der Waals surface area contributed by atoms with E-state index in [1.807, 2.05) is 6.08 Å². The van der Waals surface area contributed by atoms with Crippen molar-refractivity contribution >= 4 is 17.9 Å². The molecule has 0 aromatic carbocycles. The number of carbonyl (C=O) groups is 3. The summed E-state index contributed by atoms with van der Waals surface area (Å²) in [6.45, 7) is 6.40. The first-order chi connectivity index (χ1) is 31.0. The van der Waals surface area contributed by atoms with Gasteiger partial charge in [-0.3, -0.25) is 14.4 Å². The van der Waals surface area contributed by atoms with Gasteiger partial charge in [0.25, 0.3) is 0 Å². The van der Waals surface area contributed by atoms with Gasteiger partial charge in [-0.1, -0.05) is 235 Å². The molecule has 0 heterocycles. The van der Waals surface area contributed by atoms with Crippen LogP contribution in [0.2, 0.25) is 0 Å². The second-order valence-electron chi connectivity index (χ2n) is 17.4. The summed E-state index contributed by atoms with van der Waals surface area (Å²) in [5, 5.41) is 0. The molecule has 0 saturated carbocycles. The zero-order valence-corrected chi connectivity index (χ0v) is 41.3. The molecule has 0 N–H and O–H groups in total. The molecule has 0 aliphatic rings. The first-order valence-electron chi connectivity index (χ1n) is 26.4. The van der Waals surface area contributed by atoms with Crippen molar-refractivity contribution in [1.29, 1.82) is 0 Å². The van der Waals surface area contributed by atoms with Gasteiger partial charge in [0, 0.05) is 12.8 Å². The molecular weight excluding hydrogens is 781 g/mol. The van der Waals surface area contributed by atoms with Gasteiger partial charge in [-0.25, -0.2) is 0 Å². The molecule has 0 bridgehead atoms. The number of carbonyl (C=O) groups excluding carboxylic acids is 3. The number of hydrogen-bond acceptors (Lipinski definition) is 6. The molecule has 1 atom stereocenters. The van der Waals surface area contributed by atoms with Gasteiger partial charge in [-0.15, -0.1) is 0 Å². The van der Waals surface area contributed by atoms with Gasteiger partial charge >= 0.3 is 17.9 Å². The lowest BCUT2D eigenvalue weighted by molar-refractivity contribution is -0.166. The van der Waals surface area contributed by atoms with E-state index in [2.05, 4.69) is 81.5 Å². The maximum atomic E-state index is 12.7. The fourth-order valence-electron chi connectivity index (χ4n) is 7.28. The van der Waals surface area contributed by atoms with Crippen LogP contribution in [-0.2, 0) is 28.6 Å². The van der Waals surface area contributed by atoms with Gasteiger partial charge < -0.3 is 14.2 Å². The van der Waals surface area contributed by atoms with Crippen LogP contribution in [0.4, 0.5) is 0 Å². The summed E-state index contributed by atoms with van der Waals surface area (Å²) >= 11 is 0. The Bertz CT molecular complexity index is 1190. The highest BCUT2D eigenvalue weighted by atomic mass is 16.6. The molecule has 0 rings (SSSR count). The minimum atomic E-state index is -0.826. The highest BCUT2D eigenvalue weighted by Gasteiger charge is 2.19. The Morgan fingerprint density at radius 2 is 0.667 bits per heavy atom. The lowest BCUT2D eigenvalue weighted by Crippen LogP contribution is -2.30. The van der Waals surface area contributed by atoms with Crippen molar-refractivity contribution in [3.8, 4) is 0 Å². The maximum absolute atomic E-state index is 12.7. The highest BCUT2D eigenvalue weighted by Crippen LogP contribution is 2.15. The fourth-order valence-corrected chi connectivity index (χ4v) is 7.28. The molecule has 0 aliphatic heterocycles. The Morgan fingerprint density at radius 1 is 0.349 bits per heavy atom. The summed E-state index contributed by atoms with van der Waals surface area (Å²) in [5.41, 5.74) is 0. The van der Waals surface area contributed by atoms with Crippen molar-refractivity contribution in [3.05, 3.63) is 72.9 Å². The van der Waals surface area contributed by atoms with Crippen LogP contribution >= 0.6 is 0 Å². The Kier molecular flexibility index (Phi) is 48.9. The molecule has 0 amide bonds. The topological polar surface area (TPSA) is 78.9 Å². The van der Waals surface area contributed by atoms with Gasteiger partial charge in [0.05, 0.1) is 6.42 Å². The van der Waals surface area contributed by atoms with E-state index in [0.717, 1.165) is 70.6 Å². The molecule has 63 heavy (non-hydrogen) atoms. The number of allylic oxidation sites excluding steroid dienone is 11. The summed E-state index contributed by atoms with van der Waals surface area (Å²) < 4.78 is 16.6. The molecule has 0 aromatic rings. The second-order valence-corrected chi connectivity index (χ2v) is 17.4. The molecule has 0 saturated heterocycles. The minimum absolute atomic E-state index is 0.0985. The smallest absolute Gasteiger partial charge is 0.310 e. The van der Waals surface area contributed by atoms with Crippen LogP contribution in [0.5, 0.6) is 0 Å². The largest absolute Gasteiger partial charge is 0.462 e. The number of esters is 3. The van der Waals surface area contributed by atoms with Crippen LogP contribution in [0.3, 0.4) is 0 Å². The predicted molar refractivity (Wildman–Crippen MR) is 270 cm³/mol. The zero-order chi connectivity index (χ0) is 45.8. The first kappa shape index (κ1) is 59.9. The van der Waals surface area contributed by atoms with Gasteiger partial charge in [0.2, 0.25) is 0 Å². The Balaban J connectivity index is 4.26.